The second kappa shape index (κ2) is 7.12. The molecule has 1 aromatic heterocycles. The zero-order chi connectivity index (χ0) is 17.1. The van der Waals surface area contributed by atoms with Gasteiger partial charge in [0.1, 0.15) is 5.82 Å². The van der Waals surface area contributed by atoms with E-state index in [2.05, 4.69) is 20.6 Å². The van der Waals surface area contributed by atoms with Crippen LogP contribution in [0.3, 0.4) is 0 Å². The molecular formula is C13H16ClF5N4. The monoisotopic (exact) mass is 358 g/mol. The van der Waals surface area contributed by atoms with Gasteiger partial charge in [-0.2, -0.15) is 13.2 Å². The fourth-order valence-electron chi connectivity index (χ4n) is 2.36. The number of halogens is 6. The van der Waals surface area contributed by atoms with Crippen LogP contribution in [0.5, 0.6) is 0 Å². The molecule has 1 aliphatic carbocycles. The number of rotatable bonds is 5. The lowest BCUT2D eigenvalue weighted by Gasteiger charge is -2.29. The van der Waals surface area contributed by atoms with Crippen molar-refractivity contribution in [2.24, 2.45) is 0 Å². The molecule has 0 spiro atoms. The third kappa shape index (κ3) is 6.06. The van der Waals surface area contributed by atoms with Crippen molar-refractivity contribution in [1.82, 2.24) is 15.3 Å². The van der Waals surface area contributed by atoms with Gasteiger partial charge in [-0.25, -0.2) is 18.7 Å². The summed E-state index contributed by atoms with van der Waals surface area (Å²) in [5, 5.41) is 5.17. The first-order chi connectivity index (χ1) is 10.6. The molecule has 1 saturated carbocycles. The average Bonchev–Trinajstić information content (AvgIpc) is 2.42. The van der Waals surface area contributed by atoms with E-state index in [9.17, 15) is 22.0 Å². The molecule has 1 heterocycles. The smallest absolute Gasteiger partial charge is 0.367 e. The number of hydrogen-bond acceptors (Lipinski definition) is 4. The van der Waals surface area contributed by atoms with Crippen LogP contribution in [0.15, 0.2) is 6.20 Å². The minimum Gasteiger partial charge on any atom is -0.367 e. The van der Waals surface area contributed by atoms with E-state index in [1.54, 1.807) is 0 Å². The standard InChI is InChI=1S/C13H16ClF5N4/c14-11-21-6-8(5-20-7-13(17,18)19)10(23-11)22-9-1-3-12(15,16)4-2-9/h6,9,20H,1-5,7H2,(H,21,22,23). The van der Waals surface area contributed by atoms with Crippen LogP contribution in [0.25, 0.3) is 0 Å². The van der Waals surface area contributed by atoms with Gasteiger partial charge in [0.15, 0.2) is 0 Å². The van der Waals surface area contributed by atoms with Gasteiger partial charge in [-0.15, -0.1) is 0 Å². The molecule has 4 nitrogen and oxygen atoms in total. The molecule has 1 aliphatic rings. The Morgan fingerprint density at radius 2 is 1.91 bits per heavy atom. The molecule has 0 bridgehead atoms. The maximum Gasteiger partial charge on any atom is 0.401 e. The number of aromatic nitrogens is 2. The Morgan fingerprint density at radius 3 is 2.52 bits per heavy atom. The lowest BCUT2D eigenvalue weighted by Crippen LogP contribution is -2.33. The molecule has 1 fully saturated rings. The summed E-state index contributed by atoms with van der Waals surface area (Å²) in [6, 6.07) is -0.220. The highest BCUT2D eigenvalue weighted by molar-refractivity contribution is 6.28. The number of nitrogens with zero attached hydrogens (tertiary/aromatic N) is 2. The van der Waals surface area contributed by atoms with Crippen molar-refractivity contribution in [2.45, 2.75) is 50.4 Å². The average molecular weight is 359 g/mol. The zero-order valence-electron chi connectivity index (χ0n) is 12.1. The minimum absolute atomic E-state index is 0.0618. The van der Waals surface area contributed by atoms with Gasteiger partial charge in [-0.1, -0.05) is 0 Å². The van der Waals surface area contributed by atoms with Crippen LogP contribution in [0.2, 0.25) is 5.28 Å². The molecule has 0 saturated heterocycles. The van der Waals surface area contributed by atoms with E-state index in [0.29, 0.717) is 5.56 Å². The minimum atomic E-state index is -4.32. The lowest BCUT2D eigenvalue weighted by molar-refractivity contribution is -0.125. The first-order valence-electron chi connectivity index (χ1n) is 7.08. The van der Waals surface area contributed by atoms with Gasteiger partial charge in [-0.05, 0) is 24.4 Å². The molecule has 130 valence electrons. The summed E-state index contributed by atoms with van der Waals surface area (Å²) in [4.78, 5) is 7.70. The molecular weight excluding hydrogens is 343 g/mol. The number of nitrogens with one attached hydrogen (secondary N) is 2. The maximum atomic E-state index is 13.1. The van der Waals surface area contributed by atoms with Gasteiger partial charge in [0.2, 0.25) is 11.2 Å². The van der Waals surface area contributed by atoms with Crippen molar-refractivity contribution < 1.29 is 22.0 Å². The van der Waals surface area contributed by atoms with Crippen molar-refractivity contribution in [1.29, 1.82) is 0 Å². The SMILES string of the molecule is FC(F)(F)CNCc1cnc(Cl)nc1NC1CCC(F)(F)CC1. The van der Waals surface area contributed by atoms with Gasteiger partial charge in [0, 0.05) is 37.2 Å². The summed E-state index contributed by atoms with van der Waals surface area (Å²) in [5.74, 6) is -2.38. The topological polar surface area (TPSA) is 49.8 Å². The molecule has 0 unspecified atom stereocenters. The van der Waals surface area contributed by atoms with Crippen LogP contribution >= 0.6 is 11.6 Å². The van der Waals surface area contributed by atoms with E-state index in [-0.39, 0.29) is 49.4 Å². The van der Waals surface area contributed by atoms with Crippen molar-refractivity contribution >= 4 is 17.4 Å². The molecule has 0 amide bonds. The Hall–Kier alpha value is -1.22. The summed E-state index contributed by atoms with van der Waals surface area (Å²) in [7, 11) is 0. The van der Waals surface area contributed by atoms with Crippen molar-refractivity contribution in [3.8, 4) is 0 Å². The number of anilines is 1. The predicted octanol–water partition coefficient (Wildman–Crippen LogP) is 3.77. The predicted molar refractivity (Wildman–Crippen MR) is 75.6 cm³/mol. The molecule has 2 rings (SSSR count). The van der Waals surface area contributed by atoms with Gasteiger partial charge in [0.05, 0.1) is 6.54 Å². The number of alkyl halides is 5. The molecule has 0 aliphatic heterocycles. The largest absolute Gasteiger partial charge is 0.401 e. The number of hydrogen-bond donors (Lipinski definition) is 2. The third-order valence-corrected chi connectivity index (χ3v) is 3.72. The van der Waals surface area contributed by atoms with Crippen LogP contribution in [-0.2, 0) is 6.54 Å². The van der Waals surface area contributed by atoms with Gasteiger partial charge < -0.3 is 10.6 Å². The van der Waals surface area contributed by atoms with Crippen molar-refractivity contribution in [3.63, 3.8) is 0 Å². The highest BCUT2D eigenvalue weighted by Crippen LogP contribution is 2.34. The van der Waals surface area contributed by atoms with Crippen molar-refractivity contribution in [2.75, 3.05) is 11.9 Å². The van der Waals surface area contributed by atoms with E-state index in [1.165, 1.54) is 6.20 Å². The molecule has 2 N–H and O–H groups in total. The Balaban J connectivity index is 1.98. The third-order valence-electron chi connectivity index (χ3n) is 3.53. The molecule has 10 heteroatoms. The summed E-state index contributed by atoms with van der Waals surface area (Å²) >= 11 is 5.70. The van der Waals surface area contributed by atoms with E-state index < -0.39 is 18.6 Å². The first kappa shape index (κ1) is 18.1. The summed E-state index contributed by atoms with van der Waals surface area (Å²) in [6.45, 7) is -1.26. The molecule has 0 aromatic carbocycles. The summed E-state index contributed by atoms with van der Waals surface area (Å²) in [5.41, 5.74) is 0.399. The Morgan fingerprint density at radius 1 is 1.26 bits per heavy atom. The molecule has 1 aromatic rings. The molecule has 0 atom stereocenters. The van der Waals surface area contributed by atoms with E-state index in [4.69, 9.17) is 11.6 Å². The Kier molecular flexibility index (Phi) is 5.61. The Bertz CT molecular complexity index is 528. The Labute approximate surface area is 134 Å². The fraction of sp³-hybridized carbons (Fsp3) is 0.692. The van der Waals surface area contributed by atoms with Gasteiger partial charge >= 0.3 is 6.18 Å². The van der Waals surface area contributed by atoms with Crippen LogP contribution < -0.4 is 10.6 Å². The molecule has 23 heavy (non-hydrogen) atoms. The fourth-order valence-corrected chi connectivity index (χ4v) is 2.49. The van der Waals surface area contributed by atoms with Crippen LogP contribution in [-0.4, -0.2) is 34.7 Å². The zero-order valence-corrected chi connectivity index (χ0v) is 12.8. The van der Waals surface area contributed by atoms with Gasteiger partial charge in [0.25, 0.3) is 0 Å². The van der Waals surface area contributed by atoms with Gasteiger partial charge in [-0.3, -0.25) is 0 Å². The van der Waals surface area contributed by atoms with Crippen LogP contribution in [0.4, 0.5) is 27.8 Å². The highest BCUT2D eigenvalue weighted by Gasteiger charge is 2.35. The second-order valence-electron chi connectivity index (χ2n) is 5.51. The first-order valence-corrected chi connectivity index (χ1v) is 7.46. The highest BCUT2D eigenvalue weighted by atomic mass is 35.5. The quantitative estimate of drug-likeness (QED) is 0.621. The normalized spacial score (nSPS) is 18.9. The van der Waals surface area contributed by atoms with Crippen molar-refractivity contribution in [3.05, 3.63) is 17.0 Å². The summed E-state index contributed by atoms with van der Waals surface area (Å²) in [6.07, 6.45) is -2.96. The summed E-state index contributed by atoms with van der Waals surface area (Å²) < 4.78 is 62.8. The van der Waals surface area contributed by atoms with E-state index in [1.807, 2.05) is 0 Å². The van der Waals surface area contributed by atoms with E-state index >= 15 is 0 Å². The second-order valence-corrected chi connectivity index (χ2v) is 5.84. The maximum absolute atomic E-state index is 13.1. The lowest BCUT2D eigenvalue weighted by atomic mass is 9.92. The van der Waals surface area contributed by atoms with E-state index in [0.717, 1.165) is 0 Å². The van der Waals surface area contributed by atoms with Crippen LogP contribution in [0, 0.1) is 0 Å². The molecule has 0 radical (unpaired) electrons. The van der Waals surface area contributed by atoms with Crippen LogP contribution in [0.1, 0.15) is 31.2 Å².